The summed E-state index contributed by atoms with van der Waals surface area (Å²) in [5.41, 5.74) is -1.80. The monoisotopic (exact) mass is 228 g/mol. The van der Waals surface area contributed by atoms with Crippen molar-refractivity contribution in [3.8, 4) is 0 Å². The summed E-state index contributed by atoms with van der Waals surface area (Å²) < 4.78 is 19.0. The fourth-order valence-corrected chi connectivity index (χ4v) is 1.69. The highest BCUT2D eigenvalue weighted by atomic mass is 19.1. The van der Waals surface area contributed by atoms with Crippen LogP contribution in [0, 0.1) is 0 Å². The first-order chi connectivity index (χ1) is 7.47. The zero-order chi connectivity index (χ0) is 12.2. The Kier molecular flexibility index (Phi) is 4.21. The summed E-state index contributed by atoms with van der Waals surface area (Å²) >= 11 is 0. The van der Waals surface area contributed by atoms with E-state index in [0.29, 0.717) is 18.4 Å². The summed E-state index contributed by atoms with van der Waals surface area (Å²) in [7, 11) is 0. The minimum Gasteiger partial charge on any atom is -0.458 e. The van der Waals surface area contributed by atoms with Gasteiger partial charge in [-0.05, 0) is 31.8 Å². The minimum absolute atomic E-state index is 0.0300. The highest BCUT2D eigenvalue weighted by molar-refractivity contribution is 6.07. The smallest absolute Gasteiger partial charge is 0.352 e. The van der Waals surface area contributed by atoms with Gasteiger partial charge in [-0.2, -0.15) is 0 Å². The topological polar surface area (TPSA) is 43.4 Å². The van der Waals surface area contributed by atoms with E-state index in [1.165, 1.54) is 0 Å². The zero-order valence-electron chi connectivity index (χ0n) is 9.55. The van der Waals surface area contributed by atoms with Crippen LogP contribution in [0.1, 0.15) is 39.0 Å². The number of ether oxygens (including phenoxy) is 1. The minimum atomic E-state index is -2.42. The number of ketones is 1. The van der Waals surface area contributed by atoms with Crippen LogP contribution in [-0.2, 0) is 14.3 Å². The molecule has 0 radical (unpaired) electrons. The fraction of sp³-hybridized carbons (Fsp3) is 0.667. The van der Waals surface area contributed by atoms with Crippen LogP contribution in [-0.4, -0.2) is 24.0 Å². The number of esters is 1. The average Bonchev–Trinajstić information content (AvgIpc) is 2.39. The van der Waals surface area contributed by atoms with Crippen molar-refractivity contribution in [1.82, 2.24) is 0 Å². The third-order valence-corrected chi connectivity index (χ3v) is 2.64. The van der Waals surface area contributed by atoms with E-state index >= 15 is 0 Å². The normalized spacial score (nSPS) is 26.0. The molecule has 1 fully saturated rings. The van der Waals surface area contributed by atoms with Crippen LogP contribution in [0.3, 0.4) is 0 Å². The molecule has 0 spiro atoms. The summed E-state index contributed by atoms with van der Waals surface area (Å²) in [6.07, 6.45) is 2.05. The number of carbonyl (C=O) groups is 2. The molecule has 1 atom stereocenters. The predicted molar refractivity (Wildman–Crippen MR) is 57.7 cm³/mol. The highest BCUT2D eigenvalue weighted by Gasteiger charge is 2.47. The van der Waals surface area contributed by atoms with Gasteiger partial charge in [-0.1, -0.05) is 13.0 Å². The van der Waals surface area contributed by atoms with Gasteiger partial charge in [-0.25, -0.2) is 9.18 Å². The number of alkyl halides is 1. The summed E-state index contributed by atoms with van der Waals surface area (Å²) in [6, 6.07) is 0. The summed E-state index contributed by atoms with van der Waals surface area (Å²) in [5, 5.41) is 0. The lowest BCUT2D eigenvalue weighted by atomic mass is 9.95. The van der Waals surface area contributed by atoms with Gasteiger partial charge in [0.15, 0.2) is 5.78 Å². The van der Waals surface area contributed by atoms with Crippen LogP contribution in [0.4, 0.5) is 4.39 Å². The van der Waals surface area contributed by atoms with Crippen molar-refractivity contribution in [2.45, 2.75) is 44.7 Å². The molecule has 16 heavy (non-hydrogen) atoms. The van der Waals surface area contributed by atoms with E-state index in [1.807, 2.05) is 0 Å². The van der Waals surface area contributed by atoms with E-state index in [-0.39, 0.29) is 19.4 Å². The molecule has 0 N–H and O–H groups in total. The molecule has 0 amide bonds. The molecule has 1 saturated carbocycles. The lowest BCUT2D eigenvalue weighted by molar-refractivity contribution is -0.162. The van der Waals surface area contributed by atoms with Crippen LogP contribution in [0.15, 0.2) is 12.2 Å². The van der Waals surface area contributed by atoms with E-state index in [4.69, 9.17) is 4.74 Å². The second-order valence-electron chi connectivity index (χ2n) is 4.32. The Morgan fingerprint density at radius 2 is 2.19 bits per heavy atom. The summed E-state index contributed by atoms with van der Waals surface area (Å²) in [5.74, 6) is -1.70. The van der Waals surface area contributed by atoms with E-state index in [1.54, 1.807) is 6.92 Å². The second kappa shape index (κ2) is 5.23. The maximum Gasteiger partial charge on any atom is 0.352 e. The number of Topliss-reactive ketones (excluding diaryl/α,β-unsaturated/α-hetero) is 1. The van der Waals surface area contributed by atoms with Crippen molar-refractivity contribution in [3.63, 3.8) is 0 Å². The van der Waals surface area contributed by atoms with Crippen molar-refractivity contribution in [2.75, 3.05) is 6.61 Å². The first kappa shape index (κ1) is 12.9. The molecule has 0 heterocycles. The van der Waals surface area contributed by atoms with Crippen molar-refractivity contribution < 1.29 is 18.7 Å². The maximum absolute atomic E-state index is 14.2. The van der Waals surface area contributed by atoms with Crippen molar-refractivity contribution in [3.05, 3.63) is 12.2 Å². The lowest BCUT2D eigenvalue weighted by Crippen LogP contribution is -2.43. The number of halogens is 1. The van der Waals surface area contributed by atoms with Crippen molar-refractivity contribution >= 4 is 11.8 Å². The second-order valence-corrected chi connectivity index (χ2v) is 4.32. The molecule has 0 saturated heterocycles. The molecule has 90 valence electrons. The van der Waals surface area contributed by atoms with E-state index < -0.39 is 17.4 Å². The van der Waals surface area contributed by atoms with Gasteiger partial charge < -0.3 is 4.74 Å². The van der Waals surface area contributed by atoms with Gasteiger partial charge in [0.05, 0.1) is 0 Å². The van der Waals surface area contributed by atoms with Gasteiger partial charge in [-0.15, -0.1) is 0 Å². The Balaban J connectivity index is 2.69. The first-order valence-electron chi connectivity index (χ1n) is 5.50. The molecule has 0 bridgehead atoms. The quantitative estimate of drug-likeness (QED) is 0.322. The van der Waals surface area contributed by atoms with Gasteiger partial charge in [0.25, 0.3) is 5.67 Å². The van der Waals surface area contributed by atoms with Gasteiger partial charge >= 0.3 is 5.97 Å². The Hall–Kier alpha value is -1.19. The Morgan fingerprint density at radius 3 is 2.81 bits per heavy atom. The third kappa shape index (κ3) is 2.90. The van der Waals surface area contributed by atoms with Gasteiger partial charge in [0, 0.05) is 6.42 Å². The molecule has 0 aromatic rings. The Bertz CT molecular complexity index is 311. The van der Waals surface area contributed by atoms with E-state index in [9.17, 15) is 14.0 Å². The molecule has 4 heteroatoms. The molecule has 0 aromatic heterocycles. The molecule has 0 aliphatic heterocycles. The standard InChI is InChI=1S/C12H17FO3/c1-9(2)8-16-11(15)12(13)7-5-3-4-6-10(12)14/h1,3-8H2,2H3. The number of rotatable bonds is 3. The zero-order valence-corrected chi connectivity index (χ0v) is 9.55. The number of hydrogen-bond donors (Lipinski definition) is 0. The number of hydrogen-bond acceptors (Lipinski definition) is 3. The van der Waals surface area contributed by atoms with Gasteiger partial charge in [0.2, 0.25) is 0 Å². The van der Waals surface area contributed by atoms with Gasteiger partial charge in [-0.3, -0.25) is 4.79 Å². The largest absolute Gasteiger partial charge is 0.458 e. The maximum atomic E-state index is 14.2. The molecule has 0 aromatic carbocycles. The summed E-state index contributed by atoms with van der Waals surface area (Å²) in [4.78, 5) is 23.1. The third-order valence-electron chi connectivity index (χ3n) is 2.64. The lowest BCUT2D eigenvalue weighted by Gasteiger charge is -2.19. The molecule has 1 rings (SSSR count). The van der Waals surface area contributed by atoms with Crippen molar-refractivity contribution in [2.24, 2.45) is 0 Å². The molecular weight excluding hydrogens is 211 g/mol. The summed E-state index contributed by atoms with van der Waals surface area (Å²) in [6.45, 7) is 5.19. The van der Waals surface area contributed by atoms with Crippen LogP contribution in [0.5, 0.6) is 0 Å². The Labute approximate surface area is 94.7 Å². The fourth-order valence-electron chi connectivity index (χ4n) is 1.69. The SMILES string of the molecule is C=C(C)COC(=O)C1(F)CCCCCC1=O. The molecule has 1 aliphatic carbocycles. The molecule has 3 nitrogen and oxygen atoms in total. The molecular formula is C12H17FO3. The molecule has 1 unspecified atom stereocenters. The van der Waals surface area contributed by atoms with Crippen LogP contribution < -0.4 is 0 Å². The van der Waals surface area contributed by atoms with E-state index in [2.05, 4.69) is 6.58 Å². The average molecular weight is 228 g/mol. The van der Waals surface area contributed by atoms with Crippen molar-refractivity contribution in [1.29, 1.82) is 0 Å². The Morgan fingerprint density at radius 1 is 1.50 bits per heavy atom. The van der Waals surface area contributed by atoms with E-state index in [0.717, 1.165) is 6.42 Å². The highest BCUT2D eigenvalue weighted by Crippen LogP contribution is 2.29. The van der Waals surface area contributed by atoms with Crippen LogP contribution in [0.2, 0.25) is 0 Å². The predicted octanol–water partition coefficient (Wildman–Crippen LogP) is 2.35. The van der Waals surface area contributed by atoms with Gasteiger partial charge in [0.1, 0.15) is 6.61 Å². The van der Waals surface area contributed by atoms with Crippen LogP contribution >= 0.6 is 0 Å². The first-order valence-corrected chi connectivity index (χ1v) is 5.50. The number of carbonyl (C=O) groups excluding carboxylic acids is 2. The molecule has 1 aliphatic rings. The van der Waals surface area contributed by atoms with Crippen LogP contribution in [0.25, 0.3) is 0 Å².